The van der Waals surface area contributed by atoms with Crippen molar-refractivity contribution >= 4 is 12.1 Å². The summed E-state index contributed by atoms with van der Waals surface area (Å²) in [7, 11) is 3.80. The van der Waals surface area contributed by atoms with Crippen molar-refractivity contribution in [2.24, 2.45) is 7.05 Å². The number of nitrogens with zero attached hydrogens (tertiary/aromatic N) is 3. The number of rotatable bonds is 6. The number of fused-ring (bicyclic) bond motifs is 1. The highest BCUT2D eigenvalue weighted by Crippen LogP contribution is 2.25. The molecule has 0 saturated carbocycles. The summed E-state index contributed by atoms with van der Waals surface area (Å²) >= 11 is 0. The number of aromatic nitrogens is 2. The first kappa shape index (κ1) is 28.8. The molecule has 0 spiro atoms. The molecule has 10 heteroatoms. The smallest absolute Gasteiger partial charge is 0.408 e. The first-order valence-electron chi connectivity index (χ1n) is 13.3. The van der Waals surface area contributed by atoms with Crippen molar-refractivity contribution in [2.75, 3.05) is 13.6 Å². The lowest BCUT2D eigenvalue weighted by molar-refractivity contribution is -0.937. The lowest BCUT2D eigenvalue weighted by Crippen LogP contribution is -2.52. The Morgan fingerprint density at radius 3 is 2.38 bits per heavy atom. The number of esters is 1. The molecule has 2 heterocycles. The molecule has 1 aliphatic rings. The van der Waals surface area contributed by atoms with Gasteiger partial charge in [0.1, 0.15) is 24.7 Å². The molecule has 4 rings (SSSR count). The van der Waals surface area contributed by atoms with Crippen LogP contribution in [0.25, 0.3) is 5.69 Å². The number of para-hydroxylation sites is 2. The summed E-state index contributed by atoms with van der Waals surface area (Å²) in [6, 6.07) is 15.5. The van der Waals surface area contributed by atoms with Gasteiger partial charge < -0.3 is 19.3 Å². The summed E-state index contributed by atoms with van der Waals surface area (Å²) < 4.78 is 14.0. The lowest BCUT2D eigenvalue weighted by Gasteiger charge is -2.39. The van der Waals surface area contributed by atoms with E-state index in [2.05, 4.69) is 24.5 Å². The van der Waals surface area contributed by atoms with Crippen molar-refractivity contribution in [3.8, 4) is 11.4 Å². The van der Waals surface area contributed by atoms with Gasteiger partial charge in [0.15, 0.2) is 5.75 Å². The van der Waals surface area contributed by atoms with Gasteiger partial charge in [-0.2, -0.15) is 0 Å². The molecule has 10 nitrogen and oxygen atoms in total. The molecule has 2 unspecified atom stereocenters. The first-order chi connectivity index (χ1) is 18.8. The van der Waals surface area contributed by atoms with Crippen molar-refractivity contribution < 1.29 is 23.5 Å². The van der Waals surface area contributed by atoms with E-state index in [1.54, 1.807) is 46.0 Å². The van der Waals surface area contributed by atoms with Crippen LogP contribution < -0.4 is 21.3 Å². The highest BCUT2D eigenvalue weighted by molar-refractivity contribution is 5.83. The fraction of sp³-hybridized carbons (Fsp3) is 0.400. The third-order valence-electron chi connectivity index (χ3n) is 6.94. The van der Waals surface area contributed by atoms with E-state index in [9.17, 15) is 19.2 Å². The number of nitrogens with one attached hydrogen (secondary N) is 1. The largest absolute Gasteiger partial charge is 0.444 e. The van der Waals surface area contributed by atoms with E-state index in [0.717, 1.165) is 17.7 Å². The van der Waals surface area contributed by atoms with Crippen LogP contribution in [-0.2, 0) is 36.1 Å². The van der Waals surface area contributed by atoms with Crippen LogP contribution in [0.5, 0.6) is 5.75 Å². The van der Waals surface area contributed by atoms with E-state index < -0.39 is 35.0 Å². The maximum atomic E-state index is 13.7. The van der Waals surface area contributed by atoms with Crippen LogP contribution >= 0.6 is 0 Å². The summed E-state index contributed by atoms with van der Waals surface area (Å²) in [5.74, 6) is -0.736. The molecular weight excluding hydrogens is 512 g/mol. The second-order valence-electron chi connectivity index (χ2n) is 11.6. The first-order valence-corrected chi connectivity index (χ1v) is 13.3. The summed E-state index contributed by atoms with van der Waals surface area (Å²) in [4.78, 5) is 52.2. The summed E-state index contributed by atoms with van der Waals surface area (Å²) in [5, 5.41) is 2.44. The van der Waals surface area contributed by atoms with E-state index in [0.29, 0.717) is 28.7 Å². The Labute approximate surface area is 233 Å². The van der Waals surface area contributed by atoms with E-state index >= 15 is 0 Å². The minimum Gasteiger partial charge on any atom is -0.444 e. The zero-order valence-corrected chi connectivity index (χ0v) is 23.9. The summed E-state index contributed by atoms with van der Waals surface area (Å²) in [6.45, 7) is 8.66. The van der Waals surface area contributed by atoms with Gasteiger partial charge in [0.2, 0.25) is 0 Å². The van der Waals surface area contributed by atoms with E-state index in [1.165, 1.54) is 23.1 Å². The molecule has 0 aliphatic carbocycles. The van der Waals surface area contributed by atoms with Crippen molar-refractivity contribution in [3.05, 3.63) is 92.3 Å². The van der Waals surface area contributed by atoms with Gasteiger partial charge in [0, 0.05) is 24.6 Å². The molecule has 1 aliphatic heterocycles. The Bertz CT molecular complexity index is 1540. The molecule has 0 bridgehead atoms. The number of ether oxygens (including phenoxy) is 2. The fourth-order valence-electron chi connectivity index (χ4n) is 4.93. The number of amides is 1. The molecule has 0 radical (unpaired) electrons. The third kappa shape index (κ3) is 6.34. The van der Waals surface area contributed by atoms with Gasteiger partial charge in [0.05, 0.1) is 25.0 Å². The van der Waals surface area contributed by atoms with Gasteiger partial charge in [0.25, 0.3) is 5.56 Å². The second-order valence-corrected chi connectivity index (χ2v) is 11.6. The number of carbonyl (C=O) groups excluding carboxylic acids is 2. The topological polar surface area (TPSA) is 109 Å². The SMILES string of the molecule is CC(NC(=O)OC(C)(C)C)C(=O)Oc1ccccc1-n1c(=O)c2c(n(C)c1=O)C[N+](C)(Cc1ccccc1)CC2. The molecule has 40 heavy (non-hydrogen) atoms. The van der Waals surface area contributed by atoms with Crippen LogP contribution in [0.2, 0.25) is 0 Å². The Balaban J connectivity index is 1.63. The van der Waals surface area contributed by atoms with Crippen LogP contribution in [-0.4, -0.2) is 50.9 Å². The van der Waals surface area contributed by atoms with Crippen molar-refractivity contribution in [3.63, 3.8) is 0 Å². The van der Waals surface area contributed by atoms with E-state index in [1.807, 2.05) is 18.2 Å². The number of hydrogen-bond donors (Lipinski definition) is 1. The molecule has 212 valence electrons. The predicted octanol–water partition coefficient (Wildman–Crippen LogP) is 3.06. The Morgan fingerprint density at radius 2 is 1.70 bits per heavy atom. The summed E-state index contributed by atoms with van der Waals surface area (Å²) in [5.41, 5.74) is 0.949. The predicted molar refractivity (Wildman–Crippen MR) is 150 cm³/mol. The van der Waals surface area contributed by atoms with Crippen LogP contribution in [0, 0.1) is 0 Å². The van der Waals surface area contributed by atoms with Gasteiger partial charge >= 0.3 is 17.8 Å². The van der Waals surface area contributed by atoms with Crippen molar-refractivity contribution in [2.45, 2.75) is 58.8 Å². The van der Waals surface area contributed by atoms with Gasteiger partial charge in [-0.25, -0.2) is 19.0 Å². The maximum absolute atomic E-state index is 13.7. The molecule has 1 N–H and O–H groups in total. The maximum Gasteiger partial charge on any atom is 0.408 e. The van der Waals surface area contributed by atoms with Gasteiger partial charge in [-0.05, 0) is 39.8 Å². The standard InChI is InChI=1S/C30H36N4O6/c1-20(31-28(37)40-30(2,3)4)27(36)39-25-15-11-10-14-23(25)33-26(35)22-16-17-34(6,18-21-12-8-7-9-13-21)19-24(22)32(5)29(33)38/h7-15,20H,16-19H2,1-6H3/p+1. The zero-order chi connectivity index (χ0) is 29.2. The Kier molecular flexibility index (Phi) is 8.02. The number of hydrogen-bond acceptors (Lipinski definition) is 6. The van der Waals surface area contributed by atoms with Crippen LogP contribution in [0.1, 0.15) is 44.5 Å². The average molecular weight is 550 g/mol. The molecule has 2 atom stereocenters. The van der Waals surface area contributed by atoms with Gasteiger partial charge in [-0.15, -0.1) is 0 Å². The van der Waals surface area contributed by atoms with Crippen LogP contribution in [0.15, 0.2) is 64.2 Å². The number of alkyl carbamates (subject to hydrolysis) is 1. The molecular formula is C30H37N4O6+. The number of likely N-dealkylation sites (N-methyl/N-ethyl adjacent to an activating group) is 1. The highest BCUT2D eigenvalue weighted by Gasteiger charge is 2.34. The fourth-order valence-corrected chi connectivity index (χ4v) is 4.93. The monoisotopic (exact) mass is 549 g/mol. The Morgan fingerprint density at radius 1 is 1.05 bits per heavy atom. The minimum absolute atomic E-state index is 0.0324. The van der Waals surface area contributed by atoms with Crippen LogP contribution in [0.4, 0.5) is 4.79 Å². The molecule has 1 amide bonds. The second kappa shape index (κ2) is 11.1. The number of benzene rings is 2. The molecule has 0 saturated heterocycles. The summed E-state index contributed by atoms with van der Waals surface area (Å²) in [6.07, 6.45) is -0.257. The number of carbonyl (C=O) groups is 2. The Hall–Kier alpha value is -4.18. The van der Waals surface area contributed by atoms with Gasteiger partial charge in [-0.1, -0.05) is 42.5 Å². The van der Waals surface area contributed by atoms with Gasteiger partial charge in [-0.3, -0.25) is 9.36 Å². The normalized spacial score (nSPS) is 17.4. The third-order valence-corrected chi connectivity index (χ3v) is 6.94. The minimum atomic E-state index is -1.04. The van der Waals surface area contributed by atoms with E-state index in [-0.39, 0.29) is 11.4 Å². The van der Waals surface area contributed by atoms with E-state index in [4.69, 9.17) is 9.47 Å². The van der Waals surface area contributed by atoms with Crippen LogP contribution in [0.3, 0.4) is 0 Å². The molecule has 2 aromatic carbocycles. The molecule has 1 aromatic heterocycles. The lowest BCUT2D eigenvalue weighted by atomic mass is 10.0. The molecule has 3 aromatic rings. The van der Waals surface area contributed by atoms with Crippen molar-refractivity contribution in [1.29, 1.82) is 0 Å². The van der Waals surface area contributed by atoms with Crippen molar-refractivity contribution in [1.82, 2.24) is 14.5 Å². The zero-order valence-electron chi connectivity index (χ0n) is 23.9. The number of quaternary nitrogens is 1. The molecule has 0 fully saturated rings. The average Bonchev–Trinajstić information content (AvgIpc) is 2.87. The quantitative estimate of drug-likeness (QED) is 0.288. The highest BCUT2D eigenvalue weighted by atomic mass is 16.6.